The maximum Gasteiger partial charge on any atom is 0.128 e. The fourth-order valence-corrected chi connectivity index (χ4v) is 3.15. The molecule has 2 rings (SSSR count). The second kappa shape index (κ2) is 6.54. The number of hydrogen-bond donors (Lipinski definition) is 2. The van der Waals surface area contributed by atoms with Crippen LogP contribution in [0.5, 0.6) is 0 Å². The van der Waals surface area contributed by atoms with Gasteiger partial charge < -0.3 is 10.4 Å². The molecular weight excluding hydrogens is 321 g/mol. The molecule has 0 spiro atoms. The van der Waals surface area contributed by atoms with Crippen LogP contribution >= 0.6 is 15.9 Å². The normalized spacial score (nSPS) is 28.4. The monoisotopic (exact) mass is 343 g/mol. The third kappa shape index (κ3) is 4.03. The van der Waals surface area contributed by atoms with Gasteiger partial charge in [-0.15, -0.1) is 0 Å². The Morgan fingerprint density at radius 2 is 2.10 bits per heavy atom. The van der Waals surface area contributed by atoms with Crippen LogP contribution in [0.3, 0.4) is 0 Å². The summed E-state index contributed by atoms with van der Waals surface area (Å²) in [5, 5.41) is 13.8. The number of nitrogens with one attached hydrogen (secondary N) is 1. The second-order valence-electron chi connectivity index (χ2n) is 6.18. The fraction of sp³-hybridized carbons (Fsp3) is 0.625. The summed E-state index contributed by atoms with van der Waals surface area (Å²) in [5.41, 5.74) is -0.00403. The van der Waals surface area contributed by atoms with Gasteiger partial charge in [0.15, 0.2) is 0 Å². The zero-order valence-electron chi connectivity index (χ0n) is 12.1. The van der Waals surface area contributed by atoms with E-state index in [4.69, 9.17) is 0 Å². The summed E-state index contributed by atoms with van der Waals surface area (Å²) in [4.78, 5) is 0. The molecule has 112 valence electrons. The summed E-state index contributed by atoms with van der Waals surface area (Å²) in [7, 11) is 0. The van der Waals surface area contributed by atoms with Crippen molar-refractivity contribution in [3.63, 3.8) is 0 Å². The van der Waals surface area contributed by atoms with Gasteiger partial charge in [0.05, 0.1) is 5.60 Å². The van der Waals surface area contributed by atoms with E-state index in [0.29, 0.717) is 18.0 Å². The average molecular weight is 344 g/mol. The fourth-order valence-electron chi connectivity index (χ4n) is 2.78. The zero-order valence-corrected chi connectivity index (χ0v) is 13.7. The Morgan fingerprint density at radius 3 is 2.75 bits per heavy atom. The number of aliphatic hydroxyl groups is 1. The summed E-state index contributed by atoms with van der Waals surface area (Å²) in [5.74, 6) is 0.493. The quantitative estimate of drug-likeness (QED) is 0.859. The Bertz CT molecular complexity index is 458. The van der Waals surface area contributed by atoms with Crippen LogP contribution in [-0.4, -0.2) is 17.3 Å². The van der Waals surface area contributed by atoms with Crippen molar-refractivity contribution in [2.75, 3.05) is 6.54 Å². The lowest BCUT2D eigenvalue weighted by molar-refractivity contribution is -0.00791. The molecule has 1 aromatic rings. The number of halogens is 2. The van der Waals surface area contributed by atoms with E-state index in [0.717, 1.165) is 30.2 Å². The molecule has 0 saturated heterocycles. The van der Waals surface area contributed by atoms with Gasteiger partial charge in [-0.3, -0.25) is 0 Å². The van der Waals surface area contributed by atoms with Crippen molar-refractivity contribution in [3.05, 3.63) is 34.1 Å². The third-order valence-electron chi connectivity index (χ3n) is 4.37. The maximum atomic E-state index is 13.8. The lowest BCUT2D eigenvalue weighted by atomic mass is 9.79. The largest absolute Gasteiger partial charge is 0.389 e. The summed E-state index contributed by atoms with van der Waals surface area (Å²) < 4.78 is 14.7. The van der Waals surface area contributed by atoms with Gasteiger partial charge in [0.2, 0.25) is 0 Å². The van der Waals surface area contributed by atoms with Crippen LogP contribution < -0.4 is 5.32 Å². The van der Waals surface area contributed by atoms with Crippen molar-refractivity contribution in [2.24, 2.45) is 5.92 Å². The van der Waals surface area contributed by atoms with Crippen molar-refractivity contribution < 1.29 is 9.50 Å². The minimum atomic E-state index is -0.636. The lowest BCUT2D eigenvalue weighted by Crippen LogP contribution is -2.44. The molecule has 2 nitrogen and oxygen atoms in total. The maximum absolute atomic E-state index is 13.8. The van der Waals surface area contributed by atoms with E-state index in [1.54, 1.807) is 12.1 Å². The van der Waals surface area contributed by atoms with Crippen LogP contribution in [0.1, 0.15) is 51.1 Å². The molecule has 0 radical (unpaired) electrons. The zero-order chi connectivity index (χ0) is 14.8. The number of hydrogen-bond acceptors (Lipinski definition) is 2. The van der Waals surface area contributed by atoms with Gasteiger partial charge in [0.1, 0.15) is 5.82 Å². The molecule has 4 heteroatoms. The van der Waals surface area contributed by atoms with Crippen LogP contribution in [0.25, 0.3) is 0 Å². The lowest BCUT2D eigenvalue weighted by Gasteiger charge is -2.36. The predicted octanol–water partition coefficient (Wildman–Crippen LogP) is 4.18. The summed E-state index contributed by atoms with van der Waals surface area (Å²) in [6.07, 6.45) is 3.79. The molecule has 0 heterocycles. The molecule has 20 heavy (non-hydrogen) atoms. The summed E-state index contributed by atoms with van der Waals surface area (Å²) in [6, 6.07) is 4.84. The molecule has 1 unspecified atom stereocenters. The van der Waals surface area contributed by atoms with E-state index in [1.807, 2.05) is 6.92 Å². The van der Waals surface area contributed by atoms with Crippen LogP contribution in [0.4, 0.5) is 4.39 Å². The predicted molar refractivity (Wildman–Crippen MR) is 83.1 cm³/mol. The van der Waals surface area contributed by atoms with Crippen molar-refractivity contribution in [1.82, 2.24) is 5.32 Å². The van der Waals surface area contributed by atoms with Crippen LogP contribution in [0, 0.1) is 11.7 Å². The van der Waals surface area contributed by atoms with Crippen LogP contribution in [-0.2, 0) is 0 Å². The highest BCUT2D eigenvalue weighted by Crippen LogP contribution is 2.32. The molecule has 1 fully saturated rings. The number of benzene rings is 1. The van der Waals surface area contributed by atoms with Crippen molar-refractivity contribution in [1.29, 1.82) is 0 Å². The highest BCUT2D eigenvalue weighted by Gasteiger charge is 2.32. The first-order valence-electron chi connectivity index (χ1n) is 7.30. The Balaban J connectivity index is 1.95. The molecule has 1 aromatic carbocycles. The summed E-state index contributed by atoms with van der Waals surface area (Å²) >= 11 is 3.37. The van der Waals surface area contributed by atoms with Crippen LogP contribution in [0.15, 0.2) is 22.7 Å². The van der Waals surface area contributed by atoms with E-state index >= 15 is 0 Å². The average Bonchev–Trinajstić information content (AvgIpc) is 2.43. The molecule has 2 N–H and O–H groups in total. The molecule has 0 aliphatic heterocycles. The van der Waals surface area contributed by atoms with Gasteiger partial charge >= 0.3 is 0 Å². The van der Waals surface area contributed by atoms with E-state index in [1.165, 1.54) is 6.07 Å². The third-order valence-corrected chi connectivity index (χ3v) is 4.86. The first kappa shape index (κ1) is 15.9. The molecule has 0 amide bonds. The minimum absolute atomic E-state index is 0.115. The van der Waals surface area contributed by atoms with Crippen molar-refractivity contribution in [2.45, 2.75) is 51.2 Å². The Labute approximate surface area is 128 Å². The standard InChI is InChI=1S/C16H23BrFNO/c1-11-5-7-16(20,8-6-11)10-19-12(2)14-9-13(17)3-4-15(14)18/h3-4,9,11-12,19-20H,5-8,10H2,1-2H3. The highest BCUT2D eigenvalue weighted by atomic mass is 79.9. The van der Waals surface area contributed by atoms with Gasteiger partial charge in [-0.1, -0.05) is 22.9 Å². The molecule has 1 aliphatic rings. The summed E-state index contributed by atoms with van der Waals surface area (Å²) in [6.45, 7) is 4.68. The molecule has 1 atom stereocenters. The topological polar surface area (TPSA) is 32.3 Å². The SMILES string of the molecule is CC1CCC(O)(CNC(C)c2cc(Br)ccc2F)CC1. The molecule has 0 aromatic heterocycles. The van der Waals surface area contributed by atoms with Crippen LogP contribution in [0.2, 0.25) is 0 Å². The van der Waals surface area contributed by atoms with E-state index in [2.05, 4.69) is 28.2 Å². The van der Waals surface area contributed by atoms with Crippen molar-refractivity contribution in [3.8, 4) is 0 Å². The smallest absolute Gasteiger partial charge is 0.128 e. The highest BCUT2D eigenvalue weighted by molar-refractivity contribution is 9.10. The van der Waals surface area contributed by atoms with Crippen molar-refractivity contribution >= 4 is 15.9 Å². The van der Waals surface area contributed by atoms with E-state index in [9.17, 15) is 9.50 Å². The number of rotatable bonds is 4. The second-order valence-corrected chi connectivity index (χ2v) is 7.09. The molecule has 1 saturated carbocycles. The Morgan fingerprint density at radius 1 is 1.45 bits per heavy atom. The molecule has 1 aliphatic carbocycles. The van der Waals surface area contributed by atoms with Gasteiger partial charge in [-0.05, 0) is 56.7 Å². The first-order chi connectivity index (χ1) is 9.39. The van der Waals surface area contributed by atoms with Gasteiger partial charge in [-0.25, -0.2) is 4.39 Å². The van der Waals surface area contributed by atoms with E-state index in [-0.39, 0.29) is 11.9 Å². The van der Waals surface area contributed by atoms with Gasteiger partial charge in [0.25, 0.3) is 0 Å². The molecular formula is C16H23BrFNO. The first-order valence-corrected chi connectivity index (χ1v) is 8.10. The Hall–Kier alpha value is -0.450. The van der Waals surface area contributed by atoms with E-state index < -0.39 is 5.60 Å². The Kier molecular flexibility index (Phi) is 5.21. The van der Waals surface area contributed by atoms with Gasteiger partial charge in [0, 0.05) is 22.6 Å². The minimum Gasteiger partial charge on any atom is -0.389 e. The molecule has 0 bridgehead atoms. The van der Waals surface area contributed by atoms with Gasteiger partial charge in [-0.2, -0.15) is 0 Å².